The zero-order valence-corrected chi connectivity index (χ0v) is 19.8. The lowest BCUT2D eigenvalue weighted by molar-refractivity contribution is -0.0309. The lowest BCUT2D eigenvalue weighted by Crippen LogP contribution is -2.19. The molecule has 3 heterocycles. The minimum Gasteiger partial charge on any atom is -0.358 e. The van der Waals surface area contributed by atoms with Gasteiger partial charge in [-0.2, -0.15) is 0 Å². The van der Waals surface area contributed by atoms with Gasteiger partial charge in [-0.1, -0.05) is 24.1 Å². The van der Waals surface area contributed by atoms with Crippen LogP contribution in [0.1, 0.15) is 62.1 Å². The number of nitrogens with one attached hydrogen (secondary N) is 1. The van der Waals surface area contributed by atoms with E-state index in [9.17, 15) is 8.42 Å². The first-order chi connectivity index (χ1) is 15.3. The van der Waals surface area contributed by atoms with Gasteiger partial charge in [-0.15, -0.1) is 0 Å². The molecule has 7 nitrogen and oxygen atoms in total. The van der Waals surface area contributed by atoms with Crippen LogP contribution in [0.4, 0.5) is 11.4 Å². The molecule has 1 atom stereocenters. The smallest absolute Gasteiger partial charge is 0.177 e. The van der Waals surface area contributed by atoms with Crippen molar-refractivity contribution < 1.29 is 13.2 Å². The Hall–Kier alpha value is -2.16. The summed E-state index contributed by atoms with van der Waals surface area (Å²) < 4.78 is 33.2. The van der Waals surface area contributed by atoms with Crippen molar-refractivity contribution in [2.75, 3.05) is 18.2 Å². The Morgan fingerprint density at radius 3 is 2.56 bits per heavy atom. The Morgan fingerprint density at radius 2 is 1.91 bits per heavy atom. The second-order valence-electron chi connectivity index (χ2n) is 8.80. The van der Waals surface area contributed by atoms with Crippen LogP contribution in [0.5, 0.6) is 0 Å². The first-order valence-electron chi connectivity index (χ1n) is 11.1. The van der Waals surface area contributed by atoms with E-state index >= 15 is 0 Å². The number of benzene rings is 1. The van der Waals surface area contributed by atoms with Crippen LogP contribution in [0, 0.1) is 6.92 Å². The summed E-state index contributed by atoms with van der Waals surface area (Å²) >= 11 is 6.38. The third-order valence-electron chi connectivity index (χ3n) is 6.49. The molecular weight excluding hydrogens is 448 g/mol. The number of aryl methyl sites for hydroxylation is 1. The molecular formula is C23H27ClN4O3S. The zero-order valence-electron chi connectivity index (χ0n) is 18.3. The fourth-order valence-corrected chi connectivity index (χ4v) is 5.66. The molecule has 2 aliphatic rings. The fourth-order valence-electron chi connectivity index (χ4n) is 4.60. The number of nitrogens with zero attached hydrogens (tertiary/aromatic N) is 3. The van der Waals surface area contributed by atoms with Gasteiger partial charge in [0.2, 0.25) is 0 Å². The molecule has 32 heavy (non-hydrogen) atoms. The maximum Gasteiger partial charge on any atom is 0.177 e. The van der Waals surface area contributed by atoms with Gasteiger partial charge in [0, 0.05) is 18.9 Å². The zero-order chi connectivity index (χ0) is 22.5. The van der Waals surface area contributed by atoms with Gasteiger partial charge in [0.25, 0.3) is 0 Å². The Kier molecular flexibility index (Phi) is 5.63. The van der Waals surface area contributed by atoms with Crippen LogP contribution in [0.2, 0.25) is 5.15 Å². The predicted octanol–water partition coefficient (Wildman–Crippen LogP) is 5.51. The molecule has 3 aromatic rings. The van der Waals surface area contributed by atoms with E-state index in [0.717, 1.165) is 43.5 Å². The van der Waals surface area contributed by atoms with Gasteiger partial charge in [0.1, 0.15) is 22.7 Å². The number of anilines is 2. The summed E-state index contributed by atoms with van der Waals surface area (Å²) in [6.07, 6.45) is 7.55. The molecule has 1 N–H and O–H groups in total. The van der Waals surface area contributed by atoms with Crippen LogP contribution in [0.25, 0.3) is 11.2 Å². The summed E-state index contributed by atoms with van der Waals surface area (Å²) in [4.78, 5) is 9.55. The number of rotatable bonds is 5. The number of hydrogen-bond donors (Lipinski definition) is 1. The van der Waals surface area contributed by atoms with E-state index in [4.69, 9.17) is 21.3 Å². The molecule has 0 bridgehead atoms. The standard InChI is InChI=1S/C23H27ClN4O3S/c1-14-25-22-18(13-20(24)27-23(22)28(14)21-8-3-4-11-31-21)26-17-10-9-16(15-6-5-7-15)12-19(17)32(2,29)30/h9-10,12-13,15,21H,3-8,11H2,1-2H3,(H,26,27). The Labute approximate surface area is 193 Å². The average molecular weight is 475 g/mol. The van der Waals surface area contributed by atoms with Gasteiger partial charge in [-0.25, -0.2) is 18.4 Å². The molecule has 1 aliphatic carbocycles. The molecule has 1 aliphatic heterocycles. The summed E-state index contributed by atoms with van der Waals surface area (Å²) in [5.41, 5.74) is 3.49. The SMILES string of the molecule is Cc1nc2c(Nc3ccc(C4CCC4)cc3S(C)(=O)=O)cc(Cl)nc2n1C1CCCCO1. The molecule has 1 saturated carbocycles. The van der Waals surface area contributed by atoms with Crippen molar-refractivity contribution in [3.05, 3.63) is 40.8 Å². The summed E-state index contributed by atoms with van der Waals surface area (Å²) in [6, 6.07) is 7.36. The predicted molar refractivity (Wildman–Crippen MR) is 126 cm³/mol. The highest BCUT2D eigenvalue weighted by Crippen LogP contribution is 2.40. The molecule has 0 radical (unpaired) electrons. The van der Waals surface area contributed by atoms with Crippen LogP contribution in [-0.4, -0.2) is 35.8 Å². The van der Waals surface area contributed by atoms with Crippen LogP contribution >= 0.6 is 11.6 Å². The summed E-state index contributed by atoms with van der Waals surface area (Å²) in [6.45, 7) is 2.63. The summed E-state index contributed by atoms with van der Waals surface area (Å²) in [5, 5.41) is 3.60. The van der Waals surface area contributed by atoms with E-state index in [-0.39, 0.29) is 11.1 Å². The van der Waals surface area contributed by atoms with E-state index in [1.807, 2.05) is 23.6 Å². The van der Waals surface area contributed by atoms with Crippen molar-refractivity contribution in [1.82, 2.24) is 14.5 Å². The third kappa shape index (κ3) is 4.00. The van der Waals surface area contributed by atoms with Gasteiger partial charge in [-0.05, 0) is 62.6 Å². The third-order valence-corrected chi connectivity index (χ3v) is 7.82. The molecule has 2 aromatic heterocycles. The first kappa shape index (κ1) is 21.7. The molecule has 0 spiro atoms. The van der Waals surface area contributed by atoms with Crippen LogP contribution in [0.15, 0.2) is 29.2 Å². The van der Waals surface area contributed by atoms with Gasteiger partial charge in [0.05, 0.1) is 16.3 Å². The number of halogens is 1. The average Bonchev–Trinajstić information content (AvgIpc) is 3.03. The van der Waals surface area contributed by atoms with Gasteiger partial charge < -0.3 is 10.1 Å². The van der Waals surface area contributed by atoms with Crippen LogP contribution < -0.4 is 5.32 Å². The number of fused-ring (bicyclic) bond motifs is 1. The lowest BCUT2D eigenvalue weighted by Gasteiger charge is -2.26. The van der Waals surface area contributed by atoms with Crippen molar-refractivity contribution in [2.24, 2.45) is 0 Å². The topological polar surface area (TPSA) is 86.1 Å². The van der Waals surface area contributed by atoms with E-state index in [0.29, 0.717) is 40.2 Å². The number of pyridine rings is 1. The fraction of sp³-hybridized carbons (Fsp3) is 0.478. The van der Waals surface area contributed by atoms with Crippen molar-refractivity contribution in [2.45, 2.75) is 62.5 Å². The second-order valence-corrected chi connectivity index (χ2v) is 11.2. The lowest BCUT2D eigenvalue weighted by atomic mass is 9.80. The Balaban J connectivity index is 1.58. The van der Waals surface area contributed by atoms with E-state index in [1.54, 1.807) is 12.1 Å². The van der Waals surface area contributed by atoms with Crippen molar-refractivity contribution in [1.29, 1.82) is 0 Å². The maximum absolute atomic E-state index is 12.6. The van der Waals surface area contributed by atoms with Crippen molar-refractivity contribution >= 4 is 44.0 Å². The largest absolute Gasteiger partial charge is 0.358 e. The van der Waals surface area contributed by atoms with E-state index in [2.05, 4.69) is 10.3 Å². The highest BCUT2D eigenvalue weighted by atomic mass is 35.5. The van der Waals surface area contributed by atoms with Crippen LogP contribution in [0.3, 0.4) is 0 Å². The maximum atomic E-state index is 12.6. The Morgan fingerprint density at radius 1 is 1.09 bits per heavy atom. The van der Waals surface area contributed by atoms with Crippen molar-refractivity contribution in [3.8, 4) is 0 Å². The van der Waals surface area contributed by atoms with Gasteiger partial charge >= 0.3 is 0 Å². The number of hydrogen-bond acceptors (Lipinski definition) is 6. The molecule has 170 valence electrons. The van der Waals surface area contributed by atoms with Gasteiger partial charge in [-0.3, -0.25) is 4.57 Å². The van der Waals surface area contributed by atoms with E-state index < -0.39 is 9.84 Å². The molecule has 9 heteroatoms. The number of imidazole rings is 1. The first-order valence-corrected chi connectivity index (χ1v) is 13.4. The van der Waals surface area contributed by atoms with Crippen LogP contribution in [-0.2, 0) is 14.6 Å². The van der Waals surface area contributed by atoms with E-state index in [1.165, 1.54) is 12.7 Å². The minimum absolute atomic E-state index is 0.124. The minimum atomic E-state index is -3.43. The second kappa shape index (κ2) is 8.32. The summed E-state index contributed by atoms with van der Waals surface area (Å²) in [5.74, 6) is 1.23. The number of ether oxygens (including phenoxy) is 1. The molecule has 5 rings (SSSR count). The number of aromatic nitrogens is 3. The highest BCUT2D eigenvalue weighted by Gasteiger charge is 2.25. The highest BCUT2D eigenvalue weighted by molar-refractivity contribution is 7.90. The summed E-state index contributed by atoms with van der Waals surface area (Å²) in [7, 11) is -3.43. The quantitative estimate of drug-likeness (QED) is 0.491. The molecule has 2 fully saturated rings. The normalized spacial score (nSPS) is 19.8. The molecule has 1 unspecified atom stereocenters. The monoisotopic (exact) mass is 474 g/mol. The molecule has 0 amide bonds. The Bertz CT molecular complexity index is 1280. The van der Waals surface area contributed by atoms with Crippen molar-refractivity contribution in [3.63, 3.8) is 0 Å². The van der Waals surface area contributed by atoms with Gasteiger partial charge in [0.15, 0.2) is 15.5 Å². The number of sulfone groups is 1. The molecule has 1 saturated heterocycles. The molecule has 1 aromatic carbocycles.